The summed E-state index contributed by atoms with van der Waals surface area (Å²) in [5.74, 6) is -1.08. The molecule has 3 N–H and O–H groups in total. The Hall–Kier alpha value is -1.17. The van der Waals surface area contributed by atoms with Gasteiger partial charge in [0.25, 0.3) is 0 Å². The average Bonchev–Trinajstić information content (AvgIpc) is 3.24. The van der Waals surface area contributed by atoms with E-state index in [1.54, 1.807) is 0 Å². The molecule has 0 saturated heterocycles. The van der Waals surface area contributed by atoms with E-state index in [1.807, 2.05) is 32.1 Å². The van der Waals surface area contributed by atoms with Gasteiger partial charge in [0.2, 0.25) is 0 Å². The van der Waals surface area contributed by atoms with E-state index < -0.39 is 22.9 Å². The van der Waals surface area contributed by atoms with E-state index in [2.05, 4.69) is 6.08 Å². The van der Waals surface area contributed by atoms with Crippen LogP contribution in [0.25, 0.3) is 0 Å². The van der Waals surface area contributed by atoms with Gasteiger partial charge in [0, 0.05) is 19.1 Å². The summed E-state index contributed by atoms with van der Waals surface area (Å²) in [6.45, 7) is 4.37. The molecule has 1 aliphatic rings. The Labute approximate surface area is 176 Å². The Morgan fingerprint density at radius 2 is 1.69 bits per heavy atom. The number of allylic oxidation sites excluding steroid dienone is 2. The van der Waals surface area contributed by atoms with E-state index >= 15 is 0 Å². The van der Waals surface area contributed by atoms with E-state index in [0.717, 1.165) is 57.8 Å². The predicted molar refractivity (Wildman–Crippen MR) is 116 cm³/mol. The Morgan fingerprint density at radius 3 is 2.28 bits per heavy atom. The molecule has 1 rings (SSSR count). The molecule has 0 unspecified atom stereocenters. The molecule has 5 nitrogen and oxygen atoms in total. The number of unbranched alkanes of at least 4 members (excludes halogenated alkanes) is 4. The molecule has 5 heteroatoms. The fourth-order valence-electron chi connectivity index (χ4n) is 4.56. The van der Waals surface area contributed by atoms with Gasteiger partial charge in [-0.15, -0.1) is 0 Å². The van der Waals surface area contributed by atoms with Crippen LogP contribution in [0.1, 0.15) is 78.1 Å². The molecule has 0 aromatic carbocycles. The smallest absolute Gasteiger partial charge is 0.338 e. The van der Waals surface area contributed by atoms with Crippen LogP contribution in [-0.4, -0.2) is 47.2 Å². The van der Waals surface area contributed by atoms with Crippen LogP contribution in [0, 0.1) is 17.3 Å². The lowest BCUT2D eigenvalue weighted by atomic mass is 9.64. The van der Waals surface area contributed by atoms with E-state index in [4.69, 9.17) is 14.9 Å². The van der Waals surface area contributed by atoms with E-state index in [-0.39, 0.29) is 19.1 Å². The van der Waals surface area contributed by atoms with Gasteiger partial charge in [-0.25, -0.2) is 4.79 Å². The number of aliphatic hydroxyl groups is 3. The zero-order chi connectivity index (χ0) is 21.8. The summed E-state index contributed by atoms with van der Waals surface area (Å²) in [6.07, 6.45) is 17.0. The minimum Gasteiger partial charge on any atom is -0.467 e. The molecule has 0 aromatic rings. The lowest BCUT2D eigenvalue weighted by Crippen LogP contribution is -2.55. The largest absolute Gasteiger partial charge is 0.467 e. The van der Waals surface area contributed by atoms with E-state index in [9.17, 15) is 9.90 Å². The van der Waals surface area contributed by atoms with Gasteiger partial charge in [-0.05, 0) is 49.9 Å². The summed E-state index contributed by atoms with van der Waals surface area (Å²) >= 11 is 0. The van der Waals surface area contributed by atoms with Gasteiger partial charge in [0.05, 0.1) is 7.11 Å². The summed E-state index contributed by atoms with van der Waals surface area (Å²) in [7, 11) is 1.35. The van der Waals surface area contributed by atoms with Crippen LogP contribution in [0.15, 0.2) is 24.3 Å². The first-order valence-corrected chi connectivity index (χ1v) is 11.2. The Balaban J connectivity index is 3.10. The number of carbonyl (C=O) groups is 1. The molecule has 0 aliphatic heterocycles. The van der Waals surface area contributed by atoms with Gasteiger partial charge >= 0.3 is 5.97 Å². The highest BCUT2D eigenvalue weighted by atomic mass is 16.5. The number of aliphatic hydroxyl groups excluding tert-OH is 2. The van der Waals surface area contributed by atoms with E-state index in [1.165, 1.54) is 7.11 Å². The zero-order valence-electron chi connectivity index (χ0n) is 18.6. The maximum atomic E-state index is 12.9. The van der Waals surface area contributed by atoms with Gasteiger partial charge in [-0.2, -0.15) is 0 Å². The van der Waals surface area contributed by atoms with Gasteiger partial charge in [0.1, 0.15) is 0 Å². The molecular formula is C24H42O5. The number of hydrogen-bond acceptors (Lipinski definition) is 5. The van der Waals surface area contributed by atoms with Gasteiger partial charge in [-0.3, -0.25) is 0 Å². The fourth-order valence-corrected chi connectivity index (χ4v) is 4.56. The summed E-state index contributed by atoms with van der Waals surface area (Å²) in [5.41, 5.74) is -2.04. The number of esters is 1. The molecule has 0 heterocycles. The Morgan fingerprint density at radius 1 is 1.03 bits per heavy atom. The van der Waals surface area contributed by atoms with Crippen molar-refractivity contribution in [1.82, 2.24) is 0 Å². The minimum absolute atomic E-state index is 0.0742. The Bertz CT molecular complexity index is 519. The first kappa shape index (κ1) is 25.9. The van der Waals surface area contributed by atoms with Crippen molar-refractivity contribution in [2.24, 2.45) is 17.3 Å². The predicted octanol–water partition coefficient (Wildman–Crippen LogP) is 4.16. The van der Waals surface area contributed by atoms with Crippen molar-refractivity contribution in [3.63, 3.8) is 0 Å². The van der Waals surface area contributed by atoms with Gasteiger partial charge < -0.3 is 20.1 Å². The molecule has 1 fully saturated rings. The molecule has 168 valence electrons. The van der Waals surface area contributed by atoms with Crippen LogP contribution >= 0.6 is 0 Å². The summed E-state index contributed by atoms with van der Waals surface area (Å²) in [5, 5.41) is 29.8. The van der Waals surface area contributed by atoms with Crippen molar-refractivity contribution in [2.45, 2.75) is 83.7 Å². The quantitative estimate of drug-likeness (QED) is 0.227. The molecule has 1 aliphatic carbocycles. The maximum Gasteiger partial charge on any atom is 0.338 e. The van der Waals surface area contributed by atoms with Crippen molar-refractivity contribution in [3.8, 4) is 0 Å². The molecule has 0 aromatic heterocycles. The average molecular weight is 411 g/mol. The van der Waals surface area contributed by atoms with Crippen LogP contribution < -0.4 is 0 Å². The van der Waals surface area contributed by atoms with Crippen LogP contribution in [0.4, 0.5) is 0 Å². The highest BCUT2D eigenvalue weighted by Crippen LogP contribution is 2.47. The second-order valence-electron chi connectivity index (χ2n) is 8.87. The first-order chi connectivity index (χ1) is 13.8. The lowest BCUT2D eigenvalue weighted by Gasteiger charge is -2.44. The molecule has 0 bridgehead atoms. The number of ether oxygens (including phenoxy) is 1. The third-order valence-corrected chi connectivity index (χ3v) is 6.22. The van der Waals surface area contributed by atoms with Crippen molar-refractivity contribution in [1.29, 1.82) is 0 Å². The van der Waals surface area contributed by atoms with Gasteiger partial charge in [0.15, 0.2) is 5.60 Å². The van der Waals surface area contributed by atoms with Crippen LogP contribution in [0.3, 0.4) is 0 Å². The van der Waals surface area contributed by atoms with Gasteiger partial charge in [-0.1, -0.05) is 63.8 Å². The maximum absolute atomic E-state index is 12.9. The summed E-state index contributed by atoms with van der Waals surface area (Å²) < 4.78 is 5.09. The molecule has 2 atom stereocenters. The van der Waals surface area contributed by atoms with E-state index in [0.29, 0.717) is 6.42 Å². The standard InChI is InChI=1S/C24H42O5/c1-23(2,17-11-13-19-26)21(16-8-6-4-5-7-12-18-25)24(28,22(27)29-3)20-14-9-10-15-20/h8,11,16-17,20-21,25-26,28H,4-7,9-10,12-15,18-19H2,1-3H3/t21-,24-/m1/s1. The molecular weight excluding hydrogens is 368 g/mol. The topological polar surface area (TPSA) is 87.0 Å². The SMILES string of the molecule is COC(=O)[C@@](O)(C1CCCC1)[C@H](C=CCCCCCCO)C(C)(C)C=CCCO. The Kier molecular flexibility index (Phi) is 11.8. The normalized spacial score (nSPS) is 19.1. The lowest BCUT2D eigenvalue weighted by molar-refractivity contribution is -0.179. The molecule has 1 saturated carbocycles. The van der Waals surface area contributed by atoms with Crippen molar-refractivity contribution >= 4 is 5.97 Å². The second-order valence-corrected chi connectivity index (χ2v) is 8.87. The van der Waals surface area contributed by atoms with Crippen molar-refractivity contribution < 1.29 is 24.9 Å². The molecule has 0 amide bonds. The van der Waals surface area contributed by atoms with Crippen LogP contribution in [0.5, 0.6) is 0 Å². The number of rotatable bonds is 14. The van der Waals surface area contributed by atoms with Crippen molar-refractivity contribution in [2.75, 3.05) is 20.3 Å². The van der Waals surface area contributed by atoms with Crippen LogP contribution in [0.2, 0.25) is 0 Å². The highest BCUT2D eigenvalue weighted by Gasteiger charge is 2.54. The van der Waals surface area contributed by atoms with Crippen molar-refractivity contribution in [3.05, 3.63) is 24.3 Å². The summed E-state index contributed by atoms with van der Waals surface area (Å²) in [6, 6.07) is 0. The zero-order valence-corrected chi connectivity index (χ0v) is 18.6. The molecule has 29 heavy (non-hydrogen) atoms. The first-order valence-electron chi connectivity index (χ1n) is 11.2. The molecule has 0 spiro atoms. The minimum atomic E-state index is -1.56. The third kappa shape index (κ3) is 7.54. The third-order valence-electron chi connectivity index (χ3n) is 6.22. The monoisotopic (exact) mass is 410 g/mol. The highest BCUT2D eigenvalue weighted by molar-refractivity contribution is 5.80. The number of hydrogen-bond donors (Lipinski definition) is 3. The summed E-state index contributed by atoms with van der Waals surface area (Å²) in [4.78, 5) is 12.9. The molecule has 0 radical (unpaired) electrons. The number of carbonyl (C=O) groups excluding carboxylic acids is 1. The fraction of sp³-hybridized carbons (Fsp3) is 0.792. The number of methoxy groups -OCH3 is 1. The second kappa shape index (κ2) is 13.2. The van der Waals surface area contributed by atoms with Crippen LogP contribution in [-0.2, 0) is 9.53 Å².